The maximum Gasteiger partial charge on any atom is 0.143 e. The topological polar surface area (TPSA) is 13.1 Å². The lowest BCUT2D eigenvalue weighted by molar-refractivity contribution is 0.672. The summed E-state index contributed by atoms with van der Waals surface area (Å²) in [6.45, 7) is 0. The van der Waals surface area contributed by atoms with E-state index in [9.17, 15) is 2.74 Å². The van der Waals surface area contributed by atoms with Gasteiger partial charge in [0.1, 0.15) is 11.2 Å². The zero-order valence-electron chi connectivity index (χ0n) is 32.4. The molecule has 0 N–H and O–H groups in total. The van der Waals surface area contributed by atoms with Gasteiger partial charge in [-0.05, 0) is 96.3 Å². The van der Waals surface area contributed by atoms with Crippen molar-refractivity contribution in [1.29, 1.82) is 0 Å². The minimum absolute atomic E-state index is 0.0175. The summed E-state index contributed by atoms with van der Waals surface area (Å²) in [5, 5.41) is 2.68. The molecule has 0 spiro atoms. The monoisotopic (exact) mass is 531 g/mol. The highest BCUT2D eigenvalue weighted by Gasteiger charge is 2.16. The van der Waals surface area contributed by atoms with E-state index in [2.05, 4.69) is 6.07 Å². The second-order valence-corrected chi connectivity index (χ2v) is 10.1. The highest BCUT2D eigenvalue weighted by atomic mass is 16.3. The summed E-state index contributed by atoms with van der Waals surface area (Å²) >= 11 is 0. The van der Waals surface area contributed by atoms with Crippen LogP contribution >= 0.6 is 0 Å². The molecule has 0 amide bonds. The van der Waals surface area contributed by atoms with Gasteiger partial charge >= 0.3 is 0 Å². The lowest BCUT2D eigenvalue weighted by atomic mass is 9.89. The minimum atomic E-state index is -0.583. The summed E-state index contributed by atoms with van der Waals surface area (Å²) in [7, 11) is 0. The molecule has 0 aliphatic rings. The number of fused-ring (bicyclic) bond motifs is 9. The molecule has 0 saturated carbocycles. The Morgan fingerprint density at radius 1 is 0.439 bits per heavy atom. The zero-order chi connectivity index (χ0) is 36.5. The van der Waals surface area contributed by atoms with Crippen LogP contribution in [0.25, 0.3) is 87.3 Å². The van der Waals surface area contributed by atoms with Gasteiger partial charge in [0.2, 0.25) is 0 Å². The number of hydrogen-bond donors (Lipinski definition) is 0. The van der Waals surface area contributed by atoms with E-state index in [0.29, 0.717) is 22.1 Å². The molecule has 0 fully saturated rings. The van der Waals surface area contributed by atoms with Crippen LogP contribution in [0.1, 0.15) is 15.1 Å². The average Bonchev–Trinajstić information content (AvgIpc) is 3.54. The molecule has 0 bridgehead atoms. The molecule has 0 saturated heterocycles. The van der Waals surface area contributed by atoms with Crippen LogP contribution in [0.4, 0.5) is 0 Å². The maximum atomic E-state index is 9.34. The summed E-state index contributed by atoms with van der Waals surface area (Å²) < 4.78 is 103. The molecule has 9 rings (SSSR count). The van der Waals surface area contributed by atoms with Crippen molar-refractivity contribution in [3.05, 3.63) is 145 Å². The van der Waals surface area contributed by atoms with Crippen LogP contribution in [0, 0.1) is 0 Å². The molecule has 0 radical (unpaired) electrons. The Labute approximate surface area is 252 Å². The van der Waals surface area contributed by atoms with E-state index in [0.717, 1.165) is 27.3 Å². The second-order valence-electron chi connectivity index (χ2n) is 10.1. The number of furan rings is 1. The lowest BCUT2D eigenvalue weighted by Crippen LogP contribution is -1.87. The van der Waals surface area contributed by atoms with E-state index < -0.39 is 66.5 Å². The Kier molecular flexibility index (Phi) is 2.98. The quantitative estimate of drug-likeness (QED) is 0.160. The third kappa shape index (κ3) is 3.36. The van der Waals surface area contributed by atoms with Gasteiger partial charge in [0, 0.05) is 16.2 Å². The largest absolute Gasteiger partial charge is 0.455 e. The van der Waals surface area contributed by atoms with Gasteiger partial charge in [0.05, 0.1) is 15.1 Å². The zero-order valence-corrected chi connectivity index (χ0v) is 21.4. The van der Waals surface area contributed by atoms with Gasteiger partial charge in [-0.2, -0.15) is 0 Å². The average molecular weight is 532 g/mol. The van der Waals surface area contributed by atoms with E-state index in [1.54, 1.807) is 18.2 Å². The van der Waals surface area contributed by atoms with Crippen molar-refractivity contribution in [2.75, 3.05) is 0 Å². The SMILES string of the molecule is [2H]c1c([2H])c([2H])c2c([2H])c3c(c([2H])c([2H])c4c([2H])c([2H])c([2H])c([2H])c43)c(-c3ccc4oc5c6ccc(-c7ccccc7)cc6ccc5c4c3)c2c1[2H]. The van der Waals surface area contributed by atoms with Crippen LogP contribution in [0.15, 0.2) is 150 Å². The predicted molar refractivity (Wildman–Crippen MR) is 175 cm³/mol. The van der Waals surface area contributed by atoms with Crippen LogP contribution < -0.4 is 0 Å². The summed E-state index contributed by atoms with van der Waals surface area (Å²) in [6, 6.07) is 19.9. The van der Waals surface area contributed by atoms with Crippen molar-refractivity contribution >= 4 is 65.0 Å². The van der Waals surface area contributed by atoms with Crippen molar-refractivity contribution < 1.29 is 19.5 Å². The van der Waals surface area contributed by atoms with E-state index in [1.165, 1.54) is 0 Å². The van der Waals surface area contributed by atoms with Gasteiger partial charge in [-0.1, -0.05) is 109 Å². The van der Waals surface area contributed by atoms with Crippen LogP contribution in [0.2, 0.25) is 0 Å². The van der Waals surface area contributed by atoms with Crippen LogP contribution in [0.3, 0.4) is 0 Å². The molecule has 0 aliphatic carbocycles. The van der Waals surface area contributed by atoms with Gasteiger partial charge in [0.15, 0.2) is 0 Å². The van der Waals surface area contributed by atoms with Crippen LogP contribution in [0.5, 0.6) is 0 Å². The van der Waals surface area contributed by atoms with Gasteiger partial charge in [-0.15, -0.1) is 0 Å². The van der Waals surface area contributed by atoms with E-state index in [4.69, 9.17) is 16.8 Å². The van der Waals surface area contributed by atoms with Crippen LogP contribution in [-0.4, -0.2) is 0 Å². The van der Waals surface area contributed by atoms with Gasteiger partial charge in [-0.25, -0.2) is 0 Å². The molecule has 9 aromatic rings. The van der Waals surface area contributed by atoms with E-state index in [1.807, 2.05) is 54.6 Å². The molecule has 0 aliphatic heterocycles. The Morgan fingerprint density at radius 3 is 2.12 bits per heavy atom. The molecule has 8 aromatic carbocycles. The molecular weight excluding hydrogens is 496 g/mol. The molecule has 1 heteroatoms. The third-order valence-corrected chi connectivity index (χ3v) is 7.79. The second kappa shape index (κ2) is 8.55. The first kappa shape index (κ1) is 14.3. The predicted octanol–water partition coefficient (Wildman–Crippen LogP) is 11.5. The fourth-order valence-corrected chi connectivity index (χ4v) is 5.88. The molecule has 0 atom stereocenters. The smallest absolute Gasteiger partial charge is 0.143 e. The molecule has 1 heterocycles. The molecular formula is C40H24O. The minimum Gasteiger partial charge on any atom is -0.455 e. The molecule has 1 nitrogen and oxygen atoms in total. The maximum absolute atomic E-state index is 9.34. The Balaban J connectivity index is 1.43. The first-order chi connectivity index (χ1) is 24.9. The number of hydrogen-bond acceptors (Lipinski definition) is 1. The van der Waals surface area contributed by atoms with Gasteiger partial charge in [0.25, 0.3) is 0 Å². The lowest BCUT2D eigenvalue weighted by Gasteiger charge is -2.14. The number of rotatable bonds is 2. The summed E-state index contributed by atoms with van der Waals surface area (Å²) in [4.78, 5) is 0. The Morgan fingerprint density at radius 2 is 1.22 bits per heavy atom. The molecule has 0 unspecified atom stereocenters. The Hall–Kier alpha value is -5.40. The van der Waals surface area contributed by atoms with Gasteiger partial charge < -0.3 is 4.42 Å². The molecule has 1 aromatic heterocycles. The van der Waals surface area contributed by atoms with E-state index >= 15 is 0 Å². The molecule has 190 valence electrons. The van der Waals surface area contributed by atoms with Crippen molar-refractivity contribution in [3.8, 4) is 22.3 Å². The fraction of sp³-hybridized carbons (Fsp3) is 0. The fourth-order valence-electron chi connectivity index (χ4n) is 5.88. The normalized spacial score (nSPS) is 15.7. The standard InChI is InChI=1S/C40H24O/c1-2-8-25(9-3-1)27-15-18-33-29(22-27)16-20-35-37-24-30(17-21-38(37)41-40(33)35)39-32-13-7-5-11-28(32)23-36-31-12-6-4-10-26(31)14-19-34(36)39/h1-24H/i4D,5D,6D,7D,10D,11D,12D,13D,14D,19D,23D. The van der Waals surface area contributed by atoms with E-state index in [-0.39, 0.29) is 37.9 Å². The van der Waals surface area contributed by atoms with Crippen molar-refractivity contribution in [2.24, 2.45) is 0 Å². The Bertz CT molecular complexity index is 3080. The number of benzene rings is 8. The summed E-state index contributed by atoms with van der Waals surface area (Å²) in [5.41, 5.74) is 3.93. The third-order valence-electron chi connectivity index (χ3n) is 7.79. The van der Waals surface area contributed by atoms with Crippen molar-refractivity contribution in [1.82, 2.24) is 0 Å². The highest BCUT2D eigenvalue weighted by Crippen LogP contribution is 2.42. The van der Waals surface area contributed by atoms with Crippen molar-refractivity contribution in [2.45, 2.75) is 0 Å². The highest BCUT2D eigenvalue weighted by molar-refractivity contribution is 6.21. The summed E-state index contributed by atoms with van der Waals surface area (Å²) in [6.07, 6.45) is 0. The van der Waals surface area contributed by atoms with Crippen molar-refractivity contribution in [3.63, 3.8) is 0 Å². The first-order valence-corrected chi connectivity index (χ1v) is 13.2. The summed E-state index contributed by atoms with van der Waals surface area (Å²) in [5.74, 6) is 0. The molecule has 41 heavy (non-hydrogen) atoms. The van der Waals surface area contributed by atoms with Gasteiger partial charge in [-0.3, -0.25) is 0 Å². The first-order valence-electron chi connectivity index (χ1n) is 18.7. The van der Waals surface area contributed by atoms with Crippen LogP contribution in [-0.2, 0) is 0 Å².